The molecule has 0 spiro atoms. The van der Waals surface area contributed by atoms with Gasteiger partial charge in [-0.05, 0) is 43.7 Å². The van der Waals surface area contributed by atoms with Gasteiger partial charge in [0, 0.05) is 12.6 Å². The van der Waals surface area contributed by atoms with E-state index in [9.17, 15) is 9.18 Å². The van der Waals surface area contributed by atoms with E-state index in [0.717, 1.165) is 24.6 Å². The van der Waals surface area contributed by atoms with Crippen molar-refractivity contribution in [2.24, 2.45) is 5.92 Å². The van der Waals surface area contributed by atoms with Crippen LogP contribution >= 0.6 is 0 Å². The normalized spacial score (nSPS) is 26.9. The molecule has 1 saturated heterocycles. The van der Waals surface area contributed by atoms with Crippen LogP contribution in [0.1, 0.15) is 48.9 Å². The van der Waals surface area contributed by atoms with Crippen LogP contribution in [0.3, 0.4) is 0 Å². The summed E-state index contributed by atoms with van der Waals surface area (Å²) in [5.41, 5.74) is 1.03. The van der Waals surface area contributed by atoms with Crippen LogP contribution in [0.15, 0.2) is 18.2 Å². The van der Waals surface area contributed by atoms with Crippen LogP contribution in [0.4, 0.5) is 10.1 Å². The molecule has 0 N–H and O–H groups in total. The van der Waals surface area contributed by atoms with Crippen molar-refractivity contribution in [1.29, 1.82) is 0 Å². The minimum absolute atomic E-state index is 0.230. The van der Waals surface area contributed by atoms with Crippen molar-refractivity contribution in [3.63, 3.8) is 0 Å². The van der Waals surface area contributed by atoms with Gasteiger partial charge in [-0.1, -0.05) is 18.9 Å². The Morgan fingerprint density at radius 1 is 1.16 bits per heavy atom. The number of carbonyl (C=O) groups excluding carboxylic acids is 1. The highest BCUT2D eigenvalue weighted by atomic mass is 19.1. The van der Waals surface area contributed by atoms with Gasteiger partial charge in [0.05, 0.1) is 11.3 Å². The highest BCUT2D eigenvalue weighted by molar-refractivity contribution is 5.85. The van der Waals surface area contributed by atoms with Gasteiger partial charge < -0.3 is 4.90 Å². The van der Waals surface area contributed by atoms with E-state index in [4.69, 9.17) is 0 Å². The van der Waals surface area contributed by atoms with Gasteiger partial charge in [0.1, 0.15) is 5.82 Å². The van der Waals surface area contributed by atoms with E-state index in [2.05, 4.69) is 4.90 Å². The molecule has 19 heavy (non-hydrogen) atoms. The Bertz CT molecular complexity index is 472. The van der Waals surface area contributed by atoms with Gasteiger partial charge in [-0.15, -0.1) is 0 Å². The Morgan fingerprint density at radius 2 is 1.95 bits per heavy atom. The zero-order chi connectivity index (χ0) is 13.2. The lowest BCUT2D eigenvalue weighted by molar-refractivity contribution is 0.111. The molecule has 102 valence electrons. The molecule has 1 aromatic carbocycles. The quantitative estimate of drug-likeness (QED) is 0.755. The molecule has 0 aromatic heterocycles. The average molecular weight is 261 g/mol. The molecule has 0 radical (unpaired) electrons. The van der Waals surface area contributed by atoms with Gasteiger partial charge in [-0.25, -0.2) is 4.39 Å². The Hall–Kier alpha value is -1.38. The predicted octanol–water partition coefficient (Wildman–Crippen LogP) is 3.80. The molecule has 1 aliphatic heterocycles. The Kier molecular flexibility index (Phi) is 3.54. The topological polar surface area (TPSA) is 20.3 Å². The monoisotopic (exact) mass is 261 g/mol. The van der Waals surface area contributed by atoms with Crippen molar-refractivity contribution < 1.29 is 9.18 Å². The van der Waals surface area contributed by atoms with E-state index < -0.39 is 5.82 Å². The summed E-state index contributed by atoms with van der Waals surface area (Å²) in [5.74, 6) is 0.329. The molecule has 2 aliphatic rings. The number of nitrogens with zero attached hydrogens (tertiary/aromatic N) is 1. The summed E-state index contributed by atoms with van der Waals surface area (Å²) in [6, 6.07) is 5.48. The standard InChI is InChI=1S/C16H20FNO/c17-14-7-3-9-16(13(14)11-19)18-10-4-6-12-5-1-2-8-15(12)18/h3,7,9,11-12,15H,1-2,4-6,8,10H2/t12-,15-/m1/s1. The minimum Gasteiger partial charge on any atom is -0.368 e. The fourth-order valence-electron chi connectivity index (χ4n) is 3.82. The number of carbonyl (C=O) groups is 1. The van der Waals surface area contributed by atoms with Crippen molar-refractivity contribution in [2.75, 3.05) is 11.4 Å². The van der Waals surface area contributed by atoms with Gasteiger partial charge in [0.25, 0.3) is 0 Å². The Morgan fingerprint density at radius 3 is 2.79 bits per heavy atom. The van der Waals surface area contributed by atoms with Crippen LogP contribution in [0.2, 0.25) is 0 Å². The number of rotatable bonds is 2. The lowest BCUT2D eigenvalue weighted by Gasteiger charge is -2.45. The van der Waals surface area contributed by atoms with Crippen molar-refractivity contribution in [2.45, 2.75) is 44.6 Å². The average Bonchev–Trinajstić information content (AvgIpc) is 2.46. The van der Waals surface area contributed by atoms with E-state index in [0.29, 0.717) is 12.3 Å². The molecule has 2 nitrogen and oxygen atoms in total. The highest BCUT2D eigenvalue weighted by Crippen LogP contribution is 2.38. The Balaban J connectivity index is 1.96. The second kappa shape index (κ2) is 5.32. The summed E-state index contributed by atoms with van der Waals surface area (Å²) in [5, 5.41) is 0. The highest BCUT2D eigenvalue weighted by Gasteiger charge is 2.34. The number of piperidine rings is 1. The molecule has 1 heterocycles. The number of hydrogen-bond donors (Lipinski definition) is 0. The molecule has 3 heteroatoms. The molecule has 1 aliphatic carbocycles. The number of fused-ring (bicyclic) bond motifs is 1. The zero-order valence-corrected chi connectivity index (χ0v) is 11.1. The first-order valence-electron chi connectivity index (χ1n) is 7.31. The molecule has 0 unspecified atom stereocenters. The number of aldehydes is 1. The van der Waals surface area contributed by atoms with Gasteiger partial charge >= 0.3 is 0 Å². The summed E-state index contributed by atoms with van der Waals surface area (Å²) in [4.78, 5) is 13.5. The lowest BCUT2D eigenvalue weighted by atomic mass is 9.78. The zero-order valence-electron chi connectivity index (χ0n) is 11.1. The summed E-state index contributed by atoms with van der Waals surface area (Å²) in [6.45, 7) is 0.950. The van der Waals surface area contributed by atoms with E-state index in [-0.39, 0.29) is 5.56 Å². The number of halogens is 1. The number of hydrogen-bond acceptors (Lipinski definition) is 2. The van der Waals surface area contributed by atoms with Gasteiger partial charge in [-0.3, -0.25) is 4.79 Å². The van der Waals surface area contributed by atoms with Crippen LogP contribution < -0.4 is 4.90 Å². The number of benzene rings is 1. The summed E-state index contributed by atoms with van der Waals surface area (Å²) >= 11 is 0. The van der Waals surface area contributed by atoms with Gasteiger partial charge in [0.15, 0.2) is 6.29 Å². The number of anilines is 1. The van der Waals surface area contributed by atoms with Gasteiger partial charge in [0.2, 0.25) is 0 Å². The first-order valence-corrected chi connectivity index (χ1v) is 7.31. The minimum atomic E-state index is -0.398. The second-order valence-corrected chi connectivity index (χ2v) is 5.74. The molecular formula is C16H20FNO. The molecule has 1 aromatic rings. The maximum Gasteiger partial charge on any atom is 0.155 e. The molecular weight excluding hydrogens is 241 g/mol. The summed E-state index contributed by atoms with van der Waals surface area (Å²) < 4.78 is 13.8. The van der Waals surface area contributed by atoms with Crippen LogP contribution in [0.25, 0.3) is 0 Å². The lowest BCUT2D eigenvalue weighted by Crippen LogP contribution is -2.47. The van der Waals surface area contributed by atoms with Crippen LogP contribution in [-0.2, 0) is 0 Å². The fourth-order valence-corrected chi connectivity index (χ4v) is 3.82. The molecule has 1 saturated carbocycles. The van der Waals surface area contributed by atoms with Crippen LogP contribution in [-0.4, -0.2) is 18.9 Å². The van der Waals surface area contributed by atoms with Crippen molar-refractivity contribution in [1.82, 2.24) is 0 Å². The second-order valence-electron chi connectivity index (χ2n) is 5.74. The molecule has 2 fully saturated rings. The molecule has 0 bridgehead atoms. The SMILES string of the molecule is O=Cc1c(F)cccc1N1CCC[C@H]2CCCC[C@H]21. The van der Waals surface area contributed by atoms with E-state index in [1.807, 2.05) is 6.07 Å². The third-order valence-electron chi connectivity index (χ3n) is 4.70. The molecule has 2 atom stereocenters. The first-order chi connectivity index (χ1) is 9.31. The largest absolute Gasteiger partial charge is 0.368 e. The predicted molar refractivity (Wildman–Crippen MR) is 74.1 cm³/mol. The van der Waals surface area contributed by atoms with Crippen molar-refractivity contribution in [3.8, 4) is 0 Å². The van der Waals surface area contributed by atoms with Crippen molar-refractivity contribution >= 4 is 12.0 Å². The Labute approximate surface area is 113 Å². The van der Waals surface area contributed by atoms with Crippen LogP contribution in [0.5, 0.6) is 0 Å². The maximum atomic E-state index is 13.8. The van der Waals surface area contributed by atoms with Gasteiger partial charge in [-0.2, -0.15) is 0 Å². The summed E-state index contributed by atoms with van der Waals surface area (Å²) in [6.07, 6.45) is 8.13. The molecule has 3 rings (SSSR count). The van der Waals surface area contributed by atoms with E-state index >= 15 is 0 Å². The third kappa shape index (κ3) is 2.26. The smallest absolute Gasteiger partial charge is 0.155 e. The van der Waals surface area contributed by atoms with E-state index in [1.165, 1.54) is 38.2 Å². The maximum absolute atomic E-state index is 13.8. The van der Waals surface area contributed by atoms with Crippen LogP contribution in [0, 0.1) is 11.7 Å². The third-order valence-corrected chi connectivity index (χ3v) is 4.70. The fraction of sp³-hybridized carbons (Fsp3) is 0.562. The first kappa shape index (κ1) is 12.6. The van der Waals surface area contributed by atoms with E-state index in [1.54, 1.807) is 6.07 Å². The summed E-state index contributed by atoms with van der Waals surface area (Å²) in [7, 11) is 0. The van der Waals surface area contributed by atoms with Crippen molar-refractivity contribution in [3.05, 3.63) is 29.6 Å². The molecule has 0 amide bonds.